The number of rotatable bonds is 4. The fourth-order valence-electron chi connectivity index (χ4n) is 4.38. The zero-order valence-electron chi connectivity index (χ0n) is 17.5. The Balaban J connectivity index is 1.52. The van der Waals surface area contributed by atoms with Gasteiger partial charge in [-0.25, -0.2) is 4.39 Å². The first-order valence-corrected chi connectivity index (χ1v) is 10.4. The van der Waals surface area contributed by atoms with Crippen LogP contribution in [-0.4, -0.2) is 42.3 Å². The average molecular weight is 449 g/mol. The lowest BCUT2D eigenvalue weighted by molar-refractivity contribution is -0.140. The summed E-state index contributed by atoms with van der Waals surface area (Å²) in [4.78, 5) is 27.7. The third kappa shape index (κ3) is 4.54. The lowest BCUT2D eigenvalue weighted by atomic mass is 9.92. The standard InChI is InChI=1S/C23H23F4N3O2/c1-13-2-4-15-11-30(16-6-7-28-10-16)12-19(31)21(15)22(13)29-20(32)9-14-3-5-17(18(24)8-14)23(25,26)27/h2-5,8,16,28H,6-7,9-12H2,1H3,(H,29,32)/t16-/m0/s1. The molecule has 4 rings (SSSR count). The molecule has 32 heavy (non-hydrogen) atoms. The predicted octanol–water partition coefficient (Wildman–Crippen LogP) is 3.69. The second-order valence-corrected chi connectivity index (χ2v) is 8.30. The minimum absolute atomic E-state index is 0.0854. The summed E-state index contributed by atoms with van der Waals surface area (Å²) in [5, 5.41) is 6.03. The molecule has 2 aromatic rings. The highest BCUT2D eigenvalue weighted by Crippen LogP contribution is 2.33. The number of carbonyl (C=O) groups excluding carboxylic acids is 2. The van der Waals surface area contributed by atoms with Crippen molar-refractivity contribution in [2.75, 3.05) is 25.0 Å². The number of ketones is 1. The highest BCUT2D eigenvalue weighted by molar-refractivity contribution is 6.08. The van der Waals surface area contributed by atoms with Gasteiger partial charge in [-0.05, 0) is 48.7 Å². The van der Waals surface area contributed by atoms with Crippen molar-refractivity contribution in [3.8, 4) is 0 Å². The molecule has 1 fully saturated rings. The largest absolute Gasteiger partial charge is 0.419 e. The number of alkyl halides is 3. The number of nitrogens with zero attached hydrogens (tertiary/aromatic N) is 1. The molecule has 2 aromatic carbocycles. The van der Waals surface area contributed by atoms with Gasteiger partial charge in [0.05, 0.1) is 24.2 Å². The molecule has 0 saturated carbocycles. The van der Waals surface area contributed by atoms with Gasteiger partial charge in [-0.15, -0.1) is 0 Å². The first-order chi connectivity index (χ1) is 15.1. The van der Waals surface area contributed by atoms with E-state index >= 15 is 0 Å². The number of amides is 1. The molecule has 2 aliphatic heterocycles. The Morgan fingerprint density at radius 2 is 2.00 bits per heavy atom. The zero-order chi connectivity index (χ0) is 23.0. The van der Waals surface area contributed by atoms with Gasteiger partial charge in [-0.1, -0.05) is 18.2 Å². The summed E-state index contributed by atoms with van der Waals surface area (Å²) in [5.74, 6) is -2.04. The fourth-order valence-corrected chi connectivity index (χ4v) is 4.38. The minimum atomic E-state index is -4.80. The minimum Gasteiger partial charge on any atom is -0.325 e. The Kier molecular flexibility index (Phi) is 6.05. The molecule has 0 radical (unpaired) electrons. The maximum absolute atomic E-state index is 13.8. The van der Waals surface area contributed by atoms with E-state index < -0.39 is 23.5 Å². The molecule has 1 amide bonds. The number of hydrogen-bond donors (Lipinski definition) is 2. The third-order valence-corrected chi connectivity index (χ3v) is 6.02. The highest BCUT2D eigenvalue weighted by atomic mass is 19.4. The van der Waals surface area contributed by atoms with Crippen molar-refractivity contribution < 1.29 is 27.2 Å². The molecule has 0 aliphatic carbocycles. The molecule has 9 heteroatoms. The number of halogens is 4. The average Bonchev–Trinajstić information content (AvgIpc) is 3.24. The van der Waals surface area contributed by atoms with E-state index in [1.807, 2.05) is 12.1 Å². The quantitative estimate of drug-likeness (QED) is 0.699. The molecule has 1 atom stereocenters. The molecule has 5 nitrogen and oxygen atoms in total. The van der Waals surface area contributed by atoms with Crippen LogP contribution in [0.4, 0.5) is 23.2 Å². The number of benzene rings is 2. The first kappa shape index (κ1) is 22.4. The Morgan fingerprint density at radius 1 is 1.22 bits per heavy atom. The van der Waals surface area contributed by atoms with E-state index in [9.17, 15) is 27.2 Å². The van der Waals surface area contributed by atoms with Crippen LogP contribution in [0, 0.1) is 12.7 Å². The van der Waals surface area contributed by atoms with Crippen molar-refractivity contribution in [1.82, 2.24) is 10.2 Å². The van der Waals surface area contributed by atoms with Crippen LogP contribution in [0.1, 0.15) is 39.0 Å². The van der Waals surface area contributed by atoms with Gasteiger partial charge in [0.25, 0.3) is 0 Å². The van der Waals surface area contributed by atoms with E-state index in [0.29, 0.717) is 41.5 Å². The molecule has 0 spiro atoms. The number of hydrogen-bond acceptors (Lipinski definition) is 4. The van der Waals surface area contributed by atoms with E-state index in [4.69, 9.17) is 0 Å². The van der Waals surface area contributed by atoms with Gasteiger partial charge in [-0.3, -0.25) is 14.5 Å². The van der Waals surface area contributed by atoms with Crippen molar-refractivity contribution in [3.63, 3.8) is 0 Å². The molecular weight excluding hydrogens is 426 g/mol. The normalized spacial score (nSPS) is 19.2. The van der Waals surface area contributed by atoms with Crippen LogP contribution in [0.15, 0.2) is 30.3 Å². The molecule has 1 saturated heterocycles. The number of Topliss-reactive ketones (excluding diaryl/α,β-unsaturated/α-hetero) is 1. The highest BCUT2D eigenvalue weighted by Gasteiger charge is 2.34. The van der Waals surface area contributed by atoms with Crippen molar-refractivity contribution in [2.45, 2.75) is 38.5 Å². The van der Waals surface area contributed by atoms with Crippen molar-refractivity contribution in [1.29, 1.82) is 0 Å². The first-order valence-electron chi connectivity index (χ1n) is 10.4. The Bertz CT molecular complexity index is 1060. The van der Waals surface area contributed by atoms with Gasteiger partial charge in [-0.2, -0.15) is 13.2 Å². The van der Waals surface area contributed by atoms with Crippen molar-refractivity contribution >= 4 is 17.4 Å². The molecule has 0 aromatic heterocycles. The Morgan fingerprint density at radius 3 is 2.66 bits per heavy atom. The summed E-state index contributed by atoms with van der Waals surface area (Å²) in [7, 11) is 0. The Labute approximate surface area is 182 Å². The number of anilines is 1. The maximum atomic E-state index is 13.8. The van der Waals surface area contributed by atoms with Gasteiger partial charge in [0.1, 0.15) is 5.82 Å². The van der Waals surface area contributed by atoms with Crippen LogP contribution in [0.5, 0.6) is 0 Å². The summed E-state index contributed by atoms with van der Waals surface area (Å²) in [6.45, 7) is 4.38. The monoisotopic (exact) mass is 449 g/mol. The lowest BCUT2D eigenvalue weighted by Gasteiger charge is -2.33. The van der Waals surface area contributed by atoms with E-state index in [0.717, 1.165) is 31.1 Å². The summed E-state index contributed by atoms with van der Waals surface area (Å²) in [5.41, 5.74) is 1.16. The second-order valence-electron chi connectivity index (χ2n) is 8.30. The number of fused-ring (bicyclic) bond motifs is 1. The van der Waals surface area contributed by atoms with Crippen LogP contribution in [0.2, 0.25) is 0 Å². The smallest absolute Gasteiger partial charge is 0.325 e. The molecule has 170 valence electrons. The van der Waals surface area contributed by atoms with Gasteiger partial charge in [0, 0.05) is 24.7 Å². The van der Waals surface area contributed by atoms with Gasteiger partial charge in [0.15, 0.2) is 5.78 Å². The van der Waals surface area contributed by atoms with E-state index in [1.54, 1.807) is 6.92 Å². The van der Waals surface area contributed by atoms with Gasteiger partial charge < -0.3 is 10.6 Å². The van der Waals surface area contributed by atoms with E-state index in [1.165, 1.54) is 0 Å². The van der Waals surface area contributed by atoms with Crippen LogP contribution in [-0.2, 0) is 23.9 Å². The third-order valence-electron chi connectivity index (χ3n) is 6.02. The Hall–Kier alpha value is -2.78. The molecule has 2 aliphatic rings. The molecule has 0 bridgehead atoms. The van der Waals surface area contributed by atoms with E-state index in [-0.39, 0.29) is 24.3 Å². The zero-order valence-corrected chi connectivity index (χ0v) is 17.5. The topological polar surface area (TPSA) is 61.4 Å². The van der Waals surface area contributed by atoms with Crippen LogP contribution >= 0.6 is 0 Å². The van der Waals surface area contributed by atoms with Crippen LogP contribution < -0.4 is 10.6 Å². The predicted molar refractivity (Wildman–Crippen MR) is 111 cm³/mol. The molecule has 2 N–H and O–H groups in total. The fraction of sp³-hybridized carbons (Fsp3) is 0.391. The summed E-state index contributed by atoms with van der Waals surface area (Å²) >= 11 is 0. The summed E-state index contributed by atoms with van der Waals surface area (Å²) < 4.78 is 52.0. The number of nitrogens with one attached hydrogen (secondary N) is 2. The van der Waals surface area contributed by atoms with Gasteiger partial charge in [0.2, 0.25) is 5.91 Å². The molecule has 2 heterocycles. The lowest BCUT2D eigenvalue weighted by Crippen LogP contribution is -2.43. The van der Waals surface area contributed by atoms with Gasteiger partial charge >= 0.3 is 6.18 Å². The number of carbonyl (C=O) groups is 2. The number of aryl methyl sites for hydroxylation is 1. The van der Waals surface area contributed by atoms with E-state index in [2.05, 4.69) is 15.5 Å². The summed E-state index contributed by atoms with van der Waals surface area (Å²) in [6.07, 6.45) is -4.14. The molecular formula is C23H23F4N3O2. The van der Waals surface area contributed by atoms with Crippen molar-refractivity contribution in [3.05, 3.63) is 64.0 Å². The van der Waals surface area contributed by atoms with Crippen LogP contribution in [0.25, 0.3) is 0 Å². The summed E-state index contributed by atoms with van der Waals surface area (Å²) in [6, 6.07) is 6.43. The second kappa shape index (κ2) is 8.63. The van der Waals surface area contributed by atoms with Crippen LogP contribution in [0.3, 0.4) is 0 Å². The SMILES string of the molecule is Cc1ccc2c(c1NC(=O)Cc1ccc(C(F)(F)F)c(F)c1)C(=O)CN([C@H]1CCNC1)C2. The van der Waals surface area contributed by atoms with Crippen molar-refractivity contribution in [2.24, 2.45) is 0 Å². The maximum Gasteiger partial charge on any atom is 0.419 e. The molecule has 0 unspecified atom stereocenters.